The van der Waals surface area contributed by atoms with Crippen molar-refractivity contribution in [1.29, 1.82) is 0 Å². The summed E-state index contributed by atoms with van der Waals surface area (Å²) in [6.07, 6.45) is 6.67. The van der Waals surface area contributed by atoms with Gasteiger partial charge in [0.2, 0.25) is 0 Å². The average Bonchev–Trinajstić information content (AvgIpc) is 2.53. The Labute approximate surface area is 57.9 Å². The summed E-state index contributed by atoms with van der Waals surface area (Å²) in [6.45, 7) is 0. The Kier molecular flexibility index (Phi) is 0.740. The predicted octanol–water partition coefficient (Wildman–Crippen LogP) is -0.209. The Morgan fingerprint density at radius 3 is 2.60 bits per heavy atom. The van der Waals surface area contributed by atoms with Crippen LogP contribution in [-0.4, -0.2) is 17.2 Å². The standard InChI is InChI=1S/C7H6N2O/c8-6-7(9-6)4-2-1-3-5(7)10/h1-4H,(H2,8,9)/t7-/m1/s1. The molecule has 1 heterocycles. The van der Waals surface area contributed by atoms with E-state index in [4.69, 9.17) is 5.73 Å². The predicted molar refractivity (Wildman–Crippen MR) is 37.6 cm³/mol. The van der Waals surface area contributed by atoms with Gasteiger partial charge in [0.15, 0.2) is 11.3 Å². The first kappa shape index (κ1) is 5.41. The molecule has 2 aliphatic rings. The van der Waals surface area contributed by atoms with Crippen LogP contribution in [0.3, 0.4) is 0 Å². The number of nitrogens with two attached hydrogens (primary N) is 1. The molecule has 2 N–H and O–H groups in total. The van der Waals surface area contributed by atoms with Crippen molar-refractivity contribution in [2.75, 3.05) is 0 Å². The first-order valence-corrected chi connectivity index (χ1v) is 3.02. The van der Waals surface area contributed by atoms with Crippen LogP contribution in [0.2, 0.25) is 0 Å². The maximum atomic E-state index is 11.1. The van der Waals surface area contributed by atoms with Crippen LogP contribution in [0.5, 0.6) is 0 Å². The second-order valence-corrected chi connectivity index (χ2v) is 2.35. The number of hydrogen-bond acceptors (Lipinski definition) is 3. The lowest BCUT2D eigenvalue weighted by atomic mass is 9.97. The normalized spacial score (nSPS) is 34.8. The van der Waals surface area contributed by atoms with Crippen LogP contribution in [0.1, 0.15) is 0 Å². The molecular formula is C7H6N2O. The summed E-state index contributed by atoms with van der Waals surface area (Å²) < 4.78 is 0. The van der Waals surface area contributed by atoms with Gasteiger partial charge >= 0.3 is 0 Å². The van der Waals surface area contributed by atoms with Crippen molar-refractivity contribution < 1.29 is 4.79 Å². The quantitative estimate of drug-likeness (QED) is 0.498. The first-order chi connectivity index (χ1) is 4.76. The van der Waals surface area contributed by atoms with Crippen LogP contribution in [0, 0.1) is 0 Å². The minimum absolute atomic E-state index is 0.0347. The number of aliphatic imine (C=N–C) groups is 1. The molecule has 0 amide bonds. The SMILES string of the molecule is NC1=N[C@@]12C=CC=CC2=O. The lowest BCUT2D eigenvalue weighted by molar-refractivity contribution is -0.115. The van der Waals surface area contributed by atoms with Gasteiger partial charge in [-0.25, -0.2) is 4.99 Å². The van der Waals surface area contributed by atoms with Gasteiger partial charge in [-0.1, -0.05) is 12.2 Å². The molecule has 0 radical (unpaired) electrons. The molecule has 0 saturated carbocycles. The van der Waals surface area contributed by atoms with Crippen LogP contribution < -0.4 is 5.73 Å². The molecule has 1 spiro atoms. The van der Waals surface area contributed by atoms with Crippen molar-refractivity contribution in [2.24, 2.45) is 10.7 Å². The van der Waals surface area contributed by atoms with Crippen molar-refractivity contribution in [1.82, 2.24) is 0 Å². The molecule has 50 valence electrons. The molecule has 3 nitrogen and oxygen atoms in total. The topological polar surface area (TPSA) is 55.4 Å². The van der Waals surface area contributed by atoms with E-state index in [9.17, 15) is 4.79 Å². The summed E-state index contributed by atoms with van der Waals surface area (Å²) in [6, 6.07) is 0. The van der Waals surface area contributed by atoms with E-state index in [0.29, 0.717) is 5.84 Å². The molecule has 0 aromatic heterocycles. The van der Waals surface area contributed by atoms with E-state index in [0.717, 1.165) is 0 Å². The molecule has 1 atom stereocenters. The van der Waals surface area contributed by atoms with Gasteiger partial charge < -0.3 is 5.73 Å². The Morgan fingerprint density at radius 2 is 2.20 bits per heavy atom. The van der Waals surface area contributed by atoms with E-state index in [1.165, 1.54) is 6.08 Å². The molecule has 10 heavy (non-hydrogen) atoms. The average molecular weight is 134 g/mol. The molecule has 0 unspecified atom stereocenters. The third-order valence-electron chi connectivity index (χ3n) is 1.71. The van der Waals surface area contributed by atoms with Crippen molar-refractivity contribution in [2.45, 2.75) is 5.54 Å². The number of amidine groups is 1. The summed E-state index contributed by atoms with van der Waals surface area (Å²) in [7, 11) is 0. The van der Waals surface area contributed by atoms with E-state index in [1.54, 1.807) is 18.2 Å². The van der Waals surface area contributed by atoms with Crippen LogP contribution in [0.25, 0.3) is 0 Å². The largest absolute Gasteiger partial charge is 0.385 e. The molecule has 0 aromatic rings. The Bertz CT molecular complexity index is 288. The van der Waals surface area contributed by atoms with E-state index < -0.39 is 5.54 Å². The number of nitrogens with zero attached hydrogens (tertiary/aromatic N) is 1. The van der Waals surface area contributed by atoms with Crippen molar-refractivity contribution >= 4 is 11.6 Å². The molecule has 0 bridgehead atoms. The summed E-state index contributed by atoms with van der Waals surface area (Å²) in [4.78, 5) is 14.9. The minimum atomic E-state index is -0.741. The molecular weight excluding hydrogens is 128 g/mol. The lowest BCUT2D eigenvalue weighted by Gasteiger charge is -2.05. The van der Waals surface area contributed by atoms with E-state index in [1.807, 2.05) is 0 Å². The summed E-state index contributed by atoms with van der Waals surface area (Å²) >= 11 is 0. The molecule has 0 fully saturated rings. The summed E-state index contributed by atoms with van der Waals surface area (Å²) in [5.74, 6) is 0.394. The van der Waals surface area contributed by atoms with Gasteiger partial charge in [-0.05, 0) is 12.2 Å². The number of allylic oxidation sites excluding steroid dienone is 2. The second-order valence-electron chi connectivity index (χ2n) is 2.35. The zero-order chi connectivity index (χ0) is 7.19. The first-order valence-electron chi connectivity index (χ1n) is 3.02. The Morgan fingerprint density at radius 1 is 1.50 bits per heavy atom. The lowest BCUT2D eigenvalue weighted by Crippen LogP contribution is -2.31. The molecule has 3 heteroatoms. The van der Waals surface area contributed by atoms with E-state index >= 15 is 0 Å². The smallest absolute Gasteiger partial charge is 0.199 e. The molecule has 0 saturated heterocycles. The van der Waals surface area contributed by atoms with Crippen molar-refractivity contribution in [3.63, 3.8) is 0 Å². The Balaban J connectivity index is 2.35. The van der Waals surface area contributed by atoms with Crippen molar-refractivity contribution in [3.05, 3.63) is 24.3 Å². The molecule has 1 aliphatic heterocycles. The number of hydrogen-bond donors (Lipinski definition) is 1. The highest BCUT2D eigenvalue weighted by molar-refractivity contribution is 6.27. The summed E-state index contributed by atoms with van der Waals surface area (Å²) in [5, 5.41) is 0. The van der Waals surface area contributed by atoms with Crippen LogP contribution in [0.4, 0.5) is 0 Å². The highest BCUT2D eigenvalue weighted by atomic mass is 16.1. The van der Waals surface area contributed by atoms with Crippen LogP contribution >= 0.6 is 0 Å². The monoisotopic (exact) mass is 134 g/mol. The van der Waals surface area contributed by atoms with E-state index in [2.05, 4.69) is 4.99 Å². The van der Waals surface area contributed by atoms with Gasteiger partial charge in [-0.3, -0.25) is 4.79 Å². The molecule has 2 rings (SSSR count). The third-order valence-corrected chi connectivity index (χ3v) is 1.71. The number of ketones is 1. The maximum Gasteiger partial charge on any atom is 0.199 e. The fraction of sp³-hybridized carbons (Fsp3) is 0.143. The van der Waals surface area contributed by atoms with Crippen molar-refractivity contribution in [3.8, 4) is 0 Å². The fourth-order valence-electron chi connectivity index (χ4n) is 1.01. The van der Waals surface area contributed by atoms with Gasteiger partial charge in [0.1, 0.15) is 5.84 Å². The second kappa shape index (κ2) is 1.37. The van der Waals surface area contributed by atoms with Gasteiger partial charge in [-0.15, -0.1) is 0 Å². The van der Waals surface area contributed by atoms with Gasteiger partial charge in [0.05, 0.1) is 0 Å². The number of carbonyl (C=O) groups excluding carboxylic acids is 1. The number of carbonyl (C=O) groups is 1. The molecule has 0 aromatic carbocycles. The third kappa shape index (κ3) is 0.447. The molecule has 1 aliphatic carbocycles. The highest BCUT2D eigenvalue weighted by Crippen LogP contribution is 2.30. The highest BCUT2D eigenvalue weighted by Gasteiger charge is 2.49. The van der Waals surface area contributed by atoms with E-state index in [-0.39, 0.29) is 5.78 Å². The van der Waals surface area contributed by atoms with Gasteiger partial charge in [0, 0.05) is 0 Å². The van der Waals surface area contributed by atoms with Crippen LogP contribution in [0.15, 0.2) is 29.3 Å². The fourth-order valence-corrected chi connectivity index (χ4v) is 1.01. The Hall–Kier alpha value is -1.38. The van der Waals surface area contributed by atoms with Crippen LogP contribution in [-0.2, 0) is 4.79 Å². The van der Waals surface area contributed by atoms with Gasteiger partial charge in [0.25, 0.3) is 0 Å². The number of rotatable bonds is 0. The zero-order valence-electron chi connectivity index (χ0n) is 5.24. The minimum Gasteiger partial charge on any atom is -0.385 e. The maximum absolute atomic E-state index is 11.1. The summed E-state index contributed by atoms with van der Waals surface area (Å²) in [5.41, 5.74) is 4.63. The van der Waals surface area contributed by atoms with Gasteiger partial charge in [-0.2, -0.15) is 0 Å². The zero-order valence-corrected chi connectivity index (χ0v) is 5.24.